The normalized spacial score (nSPS) is 29.5. The Labute approximate surface area is 186 Å². The third kappa shape index (κ3) is 5.19. The minimum absolute atomic E-state index is 0.168. The average Bonchev–Trinajstić information content (AvgIpc) is 2.75. The standard InChI is InChI=1S/C20H29ClFN7O2/c1-11-16(22)10-31-18(23)17(27-20-24-6-15(21)19(26-11)28-20)12(2)25-13-7-29(8-13)14-4-3-5-30-9-14/h6,11,13-14,16,23,25H,3-5,7-10H2,1-2H3,(H2,24,26,27,28)/b17-12+,23-18?/t11-,14?,16-/m1/s1. The molecule has 3 aliphatic heterocycles. The van der Waals surface area contributed by atoms with Crippen LogP contribution in [0.4, 0.5) is 16.2 Å². The van der Waals surface area contributed by atoms with E-state index in [9.17, 15) is 4.39 Å². The number of hydrogen-bond acceptors (Lipinski definition) is 9. The number of anilines is 2. The molecule has 1 aromatic heterocycles. The molecule has 1 aromatic rings. The van der Waals surface area contributed by atoms with Crippen LogP contribution in [0.25, 0.3) is 0 Å². The number of fused-ring (bicyclic) bond motifs is 2. The Morgan fingerprint density at radius 3 is 2.94 bits per heavy atom. The van der Waals surface area contributed by atoms with E-state index in [1.807, 2.05) is 6.92 Å². The van der Waals surface area contributed by atoms with Gasteiger partial charge in [0.2, 0.25) is 11.8 Å². The van der Waals surface area contributed by atoms with Gasteiger partial charge in [0.15, 0.2) is 12.0 Å². The maximum absolute atomic E-state index is 14.5. The second-order valence-electron chi connectivity index (χ2n) is 8.27. The van der Waals surface area contributed by atoms with Crippen LogP contribution in [0.1, 0.15) is 26.7 Å². The molecule has 11 heteroatoms. The summed E-state index contributed by atoms with van der Waals surface area (Å²) in [5, 5.41) is 18.1. The highest BCUT2D eigenvalue weighted by molar-refractivity contribution is 6.32. The number of hydrogen-bond donors (Lipinski definition) is 4. The maximum atomic E-state index is 14.5. The minimum atomic E-state index is -1.35. The van der Waals surface area contributed by atoms with Crippen LogP contribution < -0.4 is 16.0 Å². The molecule has 0 saturated carbocycles. The van der Waals surface area contributed by atoms with Crippen molar-refractivity contribution in [2.24, 2.45) is 0 Å². The molecule has 2 bridgehead atoms. The summed E-state index contributed by atoms with van der Waals surface area (Å²) in [4.78, 5) is 10.9. The number of halogens is 2. The predicted octanol–water partition coefficient (Wildman–Crippen LogP) is 2.37. The number of allylic oxidation sites excluding steroid dienone is 1. The maximum Gasteiger partial charge on any atom is 0.232 e. The zero-order valence-corrected chi connectivity index (χ0v) is 18.5. The van der Waals surface area contributed by atoms with Crippen molar-refractivity contribution in [2.45, 2.75) is 51.0 Å². The van der Waals surface area contributed by atoms with Crippen molar-refractivity contribution in [1.29, 1.82) is 5.41 Å². The van der Waals surface area contributed by atoms with Crippen LogP contribution in [0.2, 0.25) is 5.02 Å². The lowest BCUT2D eigenvalue weighted by molar-refractivity contribution is -0.0177. The van der Waals surface area contributed by atoms with Gasteiger partial charge in [-0.15, -0.1) is 0 Å². The van der Waals surface area contributed by atoms with Crippen LogP contribution in [0.5, 0.6) is 0 Å². The van der Waals surface area contributed by atoms with Crippen LogP contribution in [-0.2, 0) is 9.47 Å². The van der Waals surface area contributed by atoms with Crippen molar-refractivity contribution in [3.63, 3.8) is 0 Å². The van der Waals surface area contributed by atoms with Gasteiger partial charge in [0.1, 0.15) is 17.3 Å². The average molecular weight is 454 g/mol. The Balaban J connectivity index is 1.48. The molecule has 3 aliphatic rings. The quantitative estimate of drug-likeness (QED) is 0.552. The first-order valence-corrected chi connectivity index (χ1v) is 11.0. The topological polar surface area (TPSA) is 107 Å². The first-order valence-electron chi connectivity index (χ1n) is 10.6. The zero-order chi connectivity index (χ0) is 22.0. The van der Waals surface area contributed by atoms with E-state index in [-0.39, 0.29) is 24.5 Å². The van der Waals surface area contributed by atoms with Gasteiger partial charge in [-0.25, -0.2) is 9.37 Å². The molecule has 4 rings (SSSR count). The van der Waals surface area contributed by atoms with Gasteiger partial charge in [-0.05, 0) is 26.7 Å². The Morgan fingerprint density at radius 2 is 2.19 bits per heavy atom. The molecule has 0 amide bonds. The van der Waals surface area contributed by atoms with E-state index < -0.39 is 12.2 Å². The predicted molar refractivity (Wildman–Crippen MR) is 117 cm³/mol. The first kappa shape index (κ1) is 22.0. The van der Waals surface area contributed by atoms with Crippen molar-refractivity contribution in [3.8, 4) is 0 Å². The van der Waals surface area contributed by atoms with Gasteiger partial charge in [-0.3, -0.25) is 10.3 Å². The Morgan fingerprint density at radius 1 is 1.39 bits per heavy atom. The summed E-state index contributed by atoms with van der Waals surface area (Å²) in [6, 6.07) is 0.135. The van der Waals surface area contributed by atoms with Crippen LogP contribution in [0.3, 0.4) is 0 Å². The van der Waals surface area contributed by atoms with E-state index in [1.165, 1.54) is 12.6 Å². The summed E-state index contributed by atoms with van der Waals surface area (Å²) in [6.07, 6.45) is 2.37. The second-order valence-corrected chi connectivity index (χ2v) is 8.68. The van der Waals surface area contributed by atoms with Gasteiger partial charge in [0, 0.05) is 31.4 Å². The monoisotopic (exact) mass is 453 g/mol. The lowest BCUT2D eigenvalue weighted by Crippen LogP contribution is -2.62. The van der Waals surface area contributed by atoms with Crippen LogP contribution in [0, 0.1) is 5.41 Å². The Hall–Kier alpha value is -2.17. The van der Waals surface area contributed by atoms with E-state index >= 15 is 0 Å². The van der Waals surface area contributed by atoms with Gasteiger partial charge in [0.25, 0.3) is 0 Å². The van der Waals surface area contributed by atoms with Crippen molar-refractivity contribution >= 4 is 29.3 Å². The summed E-state index contributed by atoms with van der Waals surface area (Å²) in [6.45, 7) is 6.73. The van der Waals surface area contributed by atoms with Crippen LogP contribution >= 0.6 is 11.6 Å². The number of ether oxygens (including phenoxy) is 2. The smallest absolute Gasteiger partial charge is 0.232 e. The fourth-order valence-electron chi connectivity index (χ4n) is 3.94. The number of nitrogens with one attached hydrogen (secondary N) is 4. The lowest BCUT2D eigenvalue weighted by atomic mass is 10.0. The third-order valence-corrected chi connectivity index (χ3v) is 6.14. The van der Waals surface area contributed by atoms with Gasteiger partial charge in [-0.1, -0.05) is 11.6 Å². The molecule has 4 N–H and O–H groups in total. The molecule has 31 heavy (non-hydrogen) atoms. The highest BCUT2D eigenvalue weighted by atomic mass is 35.5. The first-order chi connectivity index (χ1) is 14.9. The van der Waals surface area contributed by atoms with Crippen LogP contribution in [0.15, 0.2) is 17.6 Å². The SMILES string of the molecule is C/C(NC1CN(C2CCCOC2)C1)=C1\Nc2ncc(Cl)c(n2)N[C@H](C)[C@H](F)COC1=N. The summed E-state index contributed by atoms with van der Waals surface area (Å²) in [5.41, 5.74) is 1.08. The van der Waals surface area contributed by atoms with Gasteiger partial charge in [0.05, 0.1) is 24.9 Å². The molecule has 4 heterocycles. The molecule has 2 fully saturated rings. The second kappa shape index (κ2) is 9.54. The molecular weight excluding hydrogens is 425 g/mol. The van der Waals surface area contributed by atoms with E-state index in [0.717, 1.165) is 32.7 Å². The largest absolute Gasteiger partial charge is 0.473 e. The van der Waals surface area contributed by atoms with E-state index in [2.05, 4.69) is 30.8 Å². The van der Waals surface area contributed by atoms with Gasteiger partial charge < -0.3 is 25.4 Å². The van der Waals surface area contributed by atoms with Crippen molar-refractivity contribution < 1.29 is 13.9 Å². The number of rotatable bonds is 3. The molecular formula is C20H29ClFN7O2. The van der Waals surface area contributed by atoms with E-state index in [1.54, 1.807) is 6.92 Å². The Kier molecular flexibility index (Phi) is 6.78. The molecule has 0 spiro atoms. The summed E-state index contributed by atoms with van der Waals surface area (Å²) in [7, 11) is 0. The van der Waals surface area contributed by atoms with Gasteiger partial charge in [-0.2, -0.15) is 4.98 Å². The Bertz CT molecular complexity index is 843. The number of aromatic nitrogens is 2. The molecule has 0 aromatic carbocycles. The minimum Gasteiger partial charge on any atom is -0.473 e. The van der Waals surface area contributed by atoms with Crippen molar-refractivity contribution in [1.82, 2.24) is 20.2 Å². The fraction of sp³-hybridized carbons (Fsp3) is 0.650. The van der Waals surface area contributed by atoms with E-state index in [4.69, 9.17) is 26.5 Å². The fourth-order valence-corrected chi connectivity index (χ4v) is 4.08. The highest BCUT2D eigenvalue weighted by Gasteiger charge is 2.34. The van der Waals surface area contributed by atoms with Crippen molar-refractivity contribution in [3.05, 3.63) is 22.6 Å². The molecule has 2 saturated heterocycles. The highest BCUT2D eigenvalue weighted by Crippen LogP contribution is 2.24. The molecule has 1 unspecified atom stereocenters. The molecule has 170 valence electrons. The lowest BCUT2D eigenvalue weighted by Gasteiger charge is -2.46. The molecule has 3 atom stereocenters. The summed E-state index contributed by atoms with van der Waals surface area (Å²) in [5.74, 6) is 0.409. The summed E-state index contributed by atoms with van der Waals surface area (Å²) < 4.78 is 25.5. The molecule has 0 radical (unpaired) electrons. The molecule has 0 aliphatic carbocycles. The molecule has 9 nitrogen and oxygen atoms in total. The zero-order valence-electron chi connectivity index (χ0n) is 17.8. The number of alkyl halides is 1. The van der Waals surface area contributed by atoms with Crippen molar-refractivity contribution in [2.75, 3.05) is 43.5 Å². The van der Waals surface area contributed by atoms with Gasteiger partial charge >= 0.3 is 0 Å². The third-order valence-electron chi connectivity index (χ3n) is 5.86. The number of likely N-dealkylation sites (tertiary alicyclic amines) is 1. The summed E-state index contributed by atoms with van der Waals surface area (Å²) >= 11 is 6.16. The van der Waals surface area contributed by atoms with Crippen LogP contribution in [-0.4, -0.2) is 78.0 Å². The van der Waals surface area contributed by atoms with E-state index in [0.29, 0.717) is 28.3 Å². The number of nitrogens with zero attached hydrogens (tertiary/aromatic N) is 3.